The highest BCUT2D eigenvalue weighted by molar-refractivity contribution is 8.27. The number of rotatable bonds is 5. The number of anilines is 1. The van der Waals surface area contributed by atoms with Gasteiger partial charge in [-0.1, -0.05) is 30.0 Å². The van der Waals surface area contributed by atoms with Gasteiger partial charge in [-0.2, -0.15) is 0 Å². The Morgan fingerprint density at radius 2 is 1.97 bits per heavy atom. The molecule has 0 unspecified atom stereocenters. The molecule has 0 saturated carbocycles. The summed E-state index contributed by atoms with van der Waals surface area (Å²) < 4.78 is 5.59. The molecule has 1 saturated heterocycles. The maximum atomic E-state index is 12.9. The molecule has 0 bridgehead atoms. The molecule has 2 aromatic rings. The molecule has 7 nitrogen and oxygen atoms in total. The zero-order valence-electron chi connectivity index (χ0n) is 15.9. The van der Waals surface area contributed by atoms with E-state index in [1.54, 1.807) is 6.92 Å². The number of ether oxygens (including phenoxy) is 1. The highest BCUT2D eigenvalue weighted by Gasteiger charge is 2.33. The second-order valence-corrected chi connectivity index (χ2v) is 8.02. The predicted molar refractivity (Wildman–Crippen MR) is 115 cm³/mol. The van der Waals surface area contributed by atoms with E-state index in [0.717, 1.165) is 29.0 Å². The number of benzene rings is 2. The van der Waals surface area contributed by atoms with Gasteiger partial charge in [0.15, 0.2) is 4.32 Å². The monoisotopic (exact) mass is 429 g/mol. The minimum atomic E-state index is -0.795. The molecule has 0 radical (unpaired) electrons. The van der Waals surface area contributed by atoms with E-state index in [1.807, 2.05) is 32.0 Å². The molecule has 1 fully saturated rings. The Hall–Kier alpha value is -2.91. The lowest BCUT2D eigenvalue weighted by atomic mass is 10.1. The molecular weight excluding hydrogens is 412 g/mol. The highest BCUT2D eigenvalue weighted by Crippen LogP contribution is 2.39. The first kappa shape index (κ1) is 20.8. The first-order chi connectivity index (χ1) is 13.7. The van der Waals surface area contributed by atoms with Gasteiger partial charge in [-0.05, 0) is 61.7 Å². The summed E-state index contributed by atoms with van der Waals surface area (Å²) in [7, 11) is 0. The van der Waals surface area contributed by atoms with Crippen LogP contribution < -0.4 is 14.7 Å². The fourth-order valence-electron chi connectivity index (χ4n) is 2.80. The third-order valence-electron chi connectivity index (χ3n) is 4.39. The average molecular weight is 429 g/mol. The molecule has 0 atom stereocenters. The summed E-state index contributed by atoms with van der Waals surface area (Å²) in [5.74, 6) is -1.25. The van der Waals surface area contributed by atoms with Crippen molar-refractivity contribution in [1.82, 2.24) is 0 Å². The second-order valence-electron chi connectivity index (χ2n) is 6.34. The predicted octanol–water partition coefficient (Wildman–Crippen LogP) is 4.09. The van der Waals surface area contributed by atoms with Crippen molar-refractivity contribution in [3.05, 3.63) is 62.0 Å². The molecule has 3 rings (SSSR count). The van der Waals surface area contributed by atoms with Crippen molar-refractivity contribution in [1.29, 1.82) is 0 Å². The molecular formula is C20H17N2O5S2-. The molecule has 2 aromatic carbocycles. The maximum absolute atomic E-state index is 12.9. The molecule has 1 amide bonds. The zero-order valence-corrected chi connectivity index (χ0v) is 17.6. The number of thiocarbonyl (C=S) groups is 1. The van der Waals surface area contributed by atoms with Crippen molar-refractivity contribution < 1.29 is 19.6 Å². The first-order valence-electron chi connectivity index (χ1n) is 8.70. The third kappa shape index (κ3) is 4.10. The topological polar surface area (TPSA) is 95.7 Å². The van der Waals surface area contributed by atoms with Crippen LogP contribution in [0.5, 0.6) is 11.5 Å². The number of hydrogen-bond donors (Lipinski definition) is 0. The van der Waals surface area contributed by atoms with Gasteiger partial charge in [-0.15, -0.1) is 0 Å². The molecule has 0 N–H and O–H groups in total. The van der Waals surface area contributed by atoms with Crippen molar-refractivity contribution in [2.24, 2.45) is 0 Å². The van der Waals surface area contributed by atoms with Crippen LogP contribution in [0.2, 0.25) is 0 Å². The summed E-state index contributed by atoms with van der Waals surface area (Å²) in [5, 5.41) is 23.3. The Labute approximate surface area is 177 Å². The molecule has 0 aromatic heterocycles. The van der Waals surface area contributed by atoms with Crippen molar-refractivity contribution in [3.8, 4) is 11.5 Å². The van der Waals surface area contributed by atoms with Gasteiger partial charge in [0.1, 0.15) is 5.75 Å². The molecule has 9 heteroatoms. The van der Waals surface area contributed by atoms with E-state index in [0.29, 0.717) is 20.5 Å². The molecule has 1 aliphatic rings. The lowest BCUT2D eigenvalue weighted by Crippen LogP contribution is -2.27. The van der Waals surface area contributed by atoms with Crippen LogP contribution in [0.3, 0.4) is 0 Å². The highest BCUT2D eigenvalue weighted by atomic mass is 32.2. The number of aryl methyl sites for hydroxylation is 2. The molecule has 1 aliphatic heterocycles. The summed E-state index contributed by atoms with van der Waals surface area (Å²) in [4.78, 5) is 25.1. The van der Waals surface area contributed by atoms with Crippen LogP contribution in [0.15, 0.2) is 35.2 Å². The second kappa shape index (κ2) is 8.22. The first-order valence-corrected chi connectivity index (χ1v) is 9.92. The molecule has 1 heterocycles. The van der Waals surface area contributed by atoms with Crippen LogP contribution in [-0.2, 0) is 4.79 Å². The van der Waals surface area contributed by atoms with E-state index >= 15 is 0 Å². The van der Waals surface area contributed by atoms with Crippen LogP contribution in [0.4, 0.5) is 11.4 Å². The Morgan fingerprint density at radius 1 is 1.24 bits per heavy atom. The lowest BCUT2D eigenvalue weighted by molar-refractivity contribution is -0.398. The normalized spacial score (nSPS) is 15.3. The summed E-state index contributed by atoms with van der Waals surface area (Å²) >= 11 is 6.47. The Balaban J connectivity index is 2.01. The number of amides is 1. The molecule has 29 heavy (non-hydrogen) atoms. The lowest BCUT2D eigenvalue weighted by Gasteiger charge is -2.16. The largest absolute Gasteiger partial charge is 0.865 e. The van der Waals surface area contributed by atoms with Crippen molar-refractivity contribution in [2.75, 3.05) is 11.5 Å². The van der Waals surface area contributed by atoms with Gasteiger partial charge in [0.2, 0.25) is 0 Å². The number of nitrogens with zero attached hydrogens (tertiary/aromatic N) is 2. The van der Waals surface area contributed by atoms with Gasteiger partial charge >= 0.3 is 0 Å². The van der Waals surface area contributed by atoms with Crippen LogP contribution in [0, 0.1) is 24.0 Å². The SMILES string of the molecule is CCOc1cc(/C=C2/SC(=S)N(c3ccc(C)c(C)c3)C2=O)cc([N+](=O)[O-])c1[O-]. The van der Waals surface area contributed by atoms with E-state index in [2.05, 4.69) is 0 Å². The van der Waals surface area contributed by atoms with Crippen molar-refractivity contribution >= 4 is 51.7 Å². The molecule has 0 spiro atoms. The average Bonchev–Trinajstić information content (AvgIpc) is 2.93. The van der Waals surface area contributed by atoms with Gasteiger partial charge < -0.3 is 9.84 Å². The van der Waals surface area contributed by atoms with Gasteiger partial charge in [0, 0.05) is 11.8 Å². The minimum absolute atomic E-state index is 0.127. The minimum Gasteiger partial charge on any atom is -0.865 e. The van der Waals surface area contributed by atoms with E-state index in [9.17, 15) is 20.0 Å². The number of nitro groups is 1. The van der Waals surface area contributed by atoms with Crippen LogP contribution in [0.1, 0.15) is 23.6 Å². The Kier molecular flexibility index (Phi) is 5.90. The smallest absolute Gasteiger partial charge is 0.270 e. The van der Waals surface area contributed by atoms with Crippen LogP contribution >= 0.6 is 24.0 Å². The van der Waals surface area contributed by atoms with Gasteiger partial charge in [-0.25, -0.2) is 0 Å². The Morgan fingerprint density at radius 3 is 2.59 bits per heavy atom. The fourth-order valence-corrected chi connectivity index (χ4v) is 4.10. The number of hydrogen-bond acceptors (Lipinski definition) is 7. The van der Waals surface area contributed by atoms with Crippen LogP contribution in [0.25, 0.3) is 6.08 Å². The maximum Gasteiger partial charge on any atom is 0.270 e. The van der Waals surface area contributed by atoms with Gasteiger partial charge in [0.25, 0.3) is 11.6 Å². The fraction of sp³-hybridized carbons (Fsp3) is 0.200. The van der Waals surface area contributed by atoms with Crippen molar-refractivity contribution in [2.45, 2.75) is 20.8 Å². The number of nitro benzene ring substituents is 1. The number of thioether (sulfide) groups is 1. The van der Waals surface area contributed by atoms with Crippen molar-refractivity contribution in [3.63, 3.8) is 0 Å². The third-order valence-corrected chi connectivity index (χ3v) is 5.70. The standard InChI is InChI=1S/C20H18N2O5S2/c1-4-27-16-9-13(8-15(18(16)23)22(25)26)10-17-19(24)21(20(28)29-17)14-6-5-11(2)12(3)7-14/h5-10,23H,4H2,1-3H3/p-1/b17-10+. The van der Waals surface area contributed by atoms with Gasteiger partial charge in [-0.3, -0.25) is 19.8 Å². The van der Waals surface area contributed by atoms with E-state index in [1.165, 1.54) is 17.0 Å². The zero-order chi connectivity index (χ0) is 21.3. The van der Waals surface area contributed by atoms with Crippen LogP contribution in [-0.4, -0.2) is 21.8 Å². The summed E-state index contributed by atoms with van der Waals surface area (Å²) in [6.07, 6.45) is 1.48. The van der Waals surface area contributed by atoms with E-state index < -0.39 is 16.4 Å². The van der Waals surface area contributed by atoms with E-state index in [4.69, 9.17) is 17.0 Å². The molecule has 150 valence electrons. The van der Waals surface area contributed by atoms with E-state index in [-0.39, 0.29) is 18.3 Å². The summed E-state index contributed by atoms with van der Waals surface area (Å²) in [6.45, 7) is 5.79. The number of carbonyl (C=O) groups excluding carboxylic acids is 1. The van der Waals surface area contributed by atoms with Gasteiger partial charge in [0.05, 0.1) is 22.1 Å². The summed E-state index contributed by atoms with van der Waals surface area (Å²) in [6, 6.07) is 8.14. The quantitative estimate of drug-likeness (QED) is 0.306. The summed E-state index contributed by atoms with van der Waals surface area (Å²) in [5.41, 5.74) is 2.51. The molecule has 0 aliphatic carbocycles. The number of carbonyl (C=O) groups is 1. The Bertz CT molecular complexity index is 1070.